The van der Waals surface area contributed by atoms with Crippen LogP contribution in [-0.2, 0) is 4.79 Å². The molecule has 2 aromatic carbocycles. The molecule has 0 spiro atoms. The van der Waals surface area contributed by atoms with Gasteiger partial charge in [-0.2, -0.15) is 0 Å². The van der Waals surface area contributed by atoms with Crippen molar-refractivity contribution in [2.75, 3.05) is 23.1 Å². The summed E-state index contributed by atoms with van der Waals surface area (Å²) in [5.74, 6) is 0.458. The Bertz CT molecular complexity index is 989. The van der Waals surface area contributed by atoms with E-state index < -0.39 is 0 Å². The molecule has 0 aliphatic carbocycles. The normalized spacial score (nSPS) is 10.1. The number of aromatic nitrogens is 2. The van der Waals surface area contributed by atoms with Gasteiger partial charge in [-0.05, 0) is 48.5 Å². The molecule has 0 saturated carbocycles. The van der Waals surface area contributed by atoms with Crippen LogP contribution in [0, 0.1) is 0 Å². The molecule has 28 heavy (non-hydrogen) atoms. The van der Waals surface area contributed by atoms with E-state index in [0.29, 0.717) is 17.3 Å². The molecule has 0 fully saturated rings. The Morgan fingerprint density at radius 3 is 2.32 bits per heavy atom. The second-order valence-corrected chi connectivity index (χ2v) is 5.84. The standard InChI is InChI=1S/C20H19N5O3/c1-13(26)22-15-4-3-5-16(12-15)23-19(27)18-10-11-21-20(25-18)24-14-6-8-17(28-2)9-7-14/h3-12H,1-2H3,(H,22,26)(H,23,27)(H,21,24,25). The molecule has 3 N–H and O–H groups in total. The smallest absolute Gasteiger partial charge is 0.274 e. The summed E-state index contributed by atoms with van der Waals surface area (Å²) < 4.78 is 5.12. The van der Waals surface area contributed by atoms with E-state index in [1.54, 1.807) is 43.5 Å². The highest BCUT2D eigenvalue weighted by atomic mass is 16.5. The summed E-state index contributed by atoms with van der Waals surface area (Å²) in [6, 6.07) is 15.6. The van der Waals surface area contributed by atoms with Gasteiger partial charge in [0, 0.05) is 30.2 Å². The highest BCUT2D eigenvalue weighted by Gasteiger charge is 2.10. The fourth-order valence-corrected chi connectivity index (χ4v) is 2.42. The van der Waals surface area contributed by atoms with Gasteiger partial charge in [0.1, 0.15) is 11.4 Å². The van der Waals surface area contributed by atoms with Crippen LogP contribution in [0.15, 0.2) is 60.8 Å². The maximum absolute atomic E-state index is 12.5. The second-order valence-electron chi connectivity index (χ2n) is 5.84. The van der Waals surface area contributed by atoms with Crippen LogP contribution in [-0.4, -0.2) is 28.9 Å². The Kier molecular flexibility index (Phi) is 5.81. The number of methoxy groups -OCH3 is 1. The SMILES string of the molecule is COc1ccc(Nc2nccc(C(=O)Nc3cccc(NC(C)=O)c3)n2)cc1. The summed E-state index contributed by atoms with van der Waals surface area (Å²) >= 11 is 0. The summed E-state index contributed by atoms with van der Waals surface area (Å²) in [6.07, 6.45) is 1.50. The summed E-state index contributed by atoms with van der Waals surface area (Å²) in [5.41, 5.74) is 2.10. The van der Waals surface area contributed by atoms with Crippen molar-refractivity contribution in [3.63, 3.8) is 0 Å². The molecule has 8 heteroatoms. The van der Waals surface area contributed by atoms with E-state index in [1.807, 2.05) is 12.1 Å². The highest BCUT2D eigenvalue weighted by molar-refractivity contribution is 6.03. The molecule has 0 bridgehead atoms. The Balaban J connectivity index is 1.70. The average Bonchev–Trinajstić information content (AvgIpc) is 2.68. The molecule has 8 nitrogen and oxygen atoms in total. The summed E-state index contributed by atoms with van der Waals surface area (Å²) in [7, 11) is 1.60. The van der Waals surface area contributed by atoms with Crippen LogP contribution in [0.2, 0.25) is 0 Å². The van der Waals surface area contributed by atoms with Gasteiger partial charge in [-0.15, -0.1) is 0 Å². The molecule has 0 radical (unpaired) electrons. The molecular formula is C20H19N5O3. The van der Waals surface area contributed by atoms with Crippen molar-refractivity contribution in [1.82, 2.24) is 9.97 Å². The minimum absolute atomic E-state index is 0.187. The number of nitrogens with zero attached hydrogens (tertiary/aromatic N) is 2. The molecule has 3 rings (SSSR count). The maximum Gasteiger partial charge on any atom is 0.274 e. The van der Waals surface area contributed by atoms with Crippen LogP contribution in [0.25, 0.3) is 0 Å². The largest absolute Gasteiger partial charge is 0.497 e. The first-order chi connectivity index (χ1) is 13.5. The number of benzene rings is 2. The Hall–Kier alpha value is -3.94. The van der Waals surface area contributed by atoms with E-state index >= 15 is 0 Å². The number of anilines is 4. The van der Waals surface area contributed by atoms with Crippen LogP contribution in [0.5, 0.6) is 5.75 Å². The van der Waals surface area contributed by atoms with Gasteiger partial charge in [0.25, 0.3) is 5.91 Å². The number of ether oxygens (including phenoxy) is 1. The third kappa shape index (κ3) is 5.04. The molecule has 0 aliphatic heterocycles. The van der Waals surface area contributed by atoms with Gasteiger partial charge in [0.15, 0.2) is 0 Å². The molecule has 1 aromatic heterocycles. The van der Waals surface area contributed by atoms with E-state index in [2.05, 4.69) is 25.9 Å². The highest BCUT2D eigenvalue weighted by Crippen LogP contribution is 2.19. The summed E-state index contributed by atoms with van der Waals surface area (Å²) in [5, 5.41) is 8.46. The van der Waals surface area contributed by atoms with Crippen LogP contribution in [0.4, 0.5) is 23.0 Å². The van der Waals surface area contributed by atoms with E-state index in [4.69, 9.17) is 4.74 Å². The Labute approximate surface area is 162 Å². The number of amides is 2. The lowest BCUT2D eigenvalue weighted by Crippen LogP contribution is -2.15. The van der Waals surface area contributed by atoms with Gasteiger partial charge in [-0.1, -0.05) is 6.07 Å². The molecule has 0 unspecified atom stereocenters. The van der Waals surface area contributed by atoms with E-state index in [0.717, 1.165) is 11.4 Å². The first kappa shape index (κ1) is 18.8. The number of rotatable bonds is 6. The number of nitrogens with one attached hydrogen (secondary N) is 3. The molecule has 0 saturated heterocycles. The van der Waals surface area contributed by atoms with Gasteiger partial charge in [0.2, 0.25) is 11.9 Å². The lowest BCUT2D eigenvalue weighted by molar-refractivity contribution is -0.114. The van der Waals surface area contributed by atoms with Crippen LogP contribution < -0.4 is 20.7 Å². The summed E-state index contributed by atoms with van der Waals surface area (Å²) in [4.78, 5) is 32.0. The minimum Gasteiger partial charge on any atom is -0.497 e. The van der Waals surface area contributed by atoms with Gasteiger partial charge in [0.05, 0.1) is 7.11 Å². The quantitative estimate of drug-likeness (QED) is 0.608. The van der Waals surface area contributed by atoms with E-state index in [1.165, 1.54) is 19.2 Å². The zero-order chi connectivity index (χ0) is 19.9. The molecule has 142 valence electrons. The topological polar surface area (TPSA) is 105 Å². The lowest BCUT2D eigenvalue weighted by atomic mass is 10.2. The van der Waals surface area contributed by atoms with Crippen molar-refractivity contribution in [2.45, 2.75) is 6.92 Å². The maximum atomic E-state index is 12.5. The third-order valence-electron chi connectivity index (χ3n) is 3.68. The van der Waals surface area contributed by atoms with Crippen molar-refractivity contribution in [3.8, 4) is 5.75 Å². The predicted octanol–water partition coefficient (Wildman–Crippen LogP) is 3.44. The van der Waals surface area contributed by atoms with Crippen molar-refractivity contribution in [2.24, 2.45) is 0 Å². The molecular weight excluding hydrogens is 358 g/mol. The van der Waals surface area contributed by atoms with Crippen molar-refractivity contribution in [3.05, 3.63) is 66.5 Å². The number of hydrogen-bond donors (Lipinski definition) is 3. The second kappa shape index (κ2) is 8.63. The molecule has 1 heterocycles. The van der Waals surface area contributed by atoms with Gasteiger partial charge in [-0.25, -0.2) is 9.97 Å². The Morgan fingerprint density at radius 1 is 0.929 bits per heavy atom. The zero-order valence-electron chi connectivity index (χ0n) is 15.4. The zero-order valence-corrected chi connectivity index (χ0v) is 15.4. The molecule has 3 aromatic rings. The van der Waals surface area contributed by atoms with Gasteiger partial charge < -0.3 is 20.7 Å². The number of hydrogen-bond acceptors (Lipinski definition) is 6. The van der Waals surface area contributed by atoms with E-state index in [-0.39, 0.29) is 17.5 Å². The van der Waals surface area contributed by atoms with Crippen LogP contribution in [0.3, 0.4) is 0 Å². The van der Waals surface area contributed by atoms with Crippen molar-refractivity contribution >= 4 is 34.8 Å². The minimum atomic E-state index is -0.389. The molecule has 0 atom stereocenters. The van der Waals surface area contributed by atoms with Crippen molar-refractivity contribution in [1.29, 1.82) is 0 Å². The Morgan fingerprint density at radius 2 is 1.64 bits per heavy atom. The monoisotopic (exact) mass is 377 g/mol. The molecule has 0 aliphatic rings. The molecule has 2 amide bonds. The van der Waals surface area contributed by atoms with Crippen molar-refractivity contribution < 1.29 is 14.3 Å². The average molecular weight is 377 g/mol. The van der Waals surface area contributed by atoms with Gasteiger partial charge in [-0.3, -0.25) is 9.59 Å². The first-order valence-electron chi connectivity index (χ1n) is 8.46. The number of carbonyl (C=O) groups excluding carboxylic acids is 2. The number of carbonyl (C=O) groups is 2. The van der Waals surface area contributed by atoms with E-state index in [9.17, 15) is 9.59 Å². The van der Waals surface area contributed by atoms with Gasteiger partial charge >= 0.3 is 0 Å². The lowest BCUT2D eigenvalue weighted by Gasteiger charge is -2.09. The third-order valence-corrected chi connectivity index (χ3v) is 3.68. The fourth-order valence-electron chi connectivity index (χ4n) is 2.42. The fraction of sp³-hybridized carbons (Fsp3) is 0.100. The first-order valence-corrected chi connectivity index (χ1v) is 8.46. The van der Waals surface area contributed by atoms with Crippen LogP contribution >= 0.6 is 0 Å². The summed E-state index contributed by atoms with van der Waals surface area (Å²) in [6.45, 7) is 1.42. The van der Waals surface area contributed by atoms with Crippen LogP contribution in [0.1, 0.15) is 17.4 Å². The predicted molar refractivity (Wildman–Crippen MR) is 107 cm³/mol.